The molecule has 0 aliphatic carbocycles. The Bertz CT molecular complexity index is 291. The van der Waals surface area contributed by atoms with E-state index in [0.717, 1.165) is 10.4 Å². The van der Waals surface area contributed by atoms with E-state index in [-0.39, 0.29) is 5.60 Å². The summed E-state index contributed by atoms with van der Waals surface area (Å²) in [7, 11) is 0. The lowest BCUT2D eigenvalue weighted by Gasteiger charge is -2.20. The van der Waals surface area contributed by atoms with E-state index < -0.39 is 0 Å². The van der Waals surface area contributed by atoms with E-state index in [1.807, 2.05) is 32.9 Å². The van der Waals surface area contributed by atoms with Crippen LogP contribution in [0.4, 0.5) is 0 Å². The van der Waals surface area contributed by atoms with Crippen LogP contribution in [0.3, 0.4) is 0 Å². The van der Waals surface area contributed by atoms with Gasteiger partial charge in [-0.15, -0.1) is 0 Å². The fourth-order valence-electron chi connectivity index (χ4n) is 0.813. The average molecular weight is 183 g/mol. The molecule has 12 heavy (non-hydrogen) atoms. The number of rotatable bonds is 1. The minimum absolute atomic E-state index is 0.156. The predicted molar refractivity (Wildman–Crippen MR) is 52.0 cm³/mol. The molecule has 1 N–H and O–H groups in total. The van der Waals surface area contributed by atoms with Crippen molar-refractivity contribution in [2.75, 3.05) is 0 Å². The first-order valence-electron chi connectivity index (χ1n) is 3.85. The summed E-state index contributed by atoms with van der Waals surface area (Å²) in [6.07, 6.45) is 1.77. The molecule has 0 atom stereocenters. The Morgan fingerprint density at radius 3 is 2.42 bits per heavy atom. The molecular formula is C9H13NOS. The van der Waals surface area contributed by atoms with E-state index in [2.05, 4.69) is 4.98 Å². The molecule has 1 aromatic rings. The molecule has 0 unspecified atom stereocenters. The van der Waals surface area contributed by atoms with Gasteiger partial charge in [-0.25, -0.2) is 0 Å². The second-order valence-corrected chi connectivity index (χ2v) is 4.04. The van der Waals surface area contributed by atoms with Crippen molar-refractivity contribution < 1.29 is 4.74 Å². The first-order chi connectivity index (χ1) is 5.47. The summed E-state index contributed by atoms with van der Waals surface area (Å²) in [5, 5.41) is 0. The van der Waals surface area contributed by atoms with Gasteiger partial charge in [-0.2, -0.15) is 0 Å². The number of aromatic amines is 1. The van der Waals surface area contributed by atoms with Gasteiger partial charge < -0.3 is 9.72 Å². The van der Waals surface area contributed by atoms with E-state index in [9.17, 15) is 0 Å². The summed E-state index contributed by atoms with van der Waals surface area (Å²) in [4.78, 5) is 2.91. The molecule has 0 aliphatic heterocycles. The molecule has 0 saturated carbocycles. The Kier molecular flexibility index (Phi) is 2.52. The van der Waals surface area contributed by atoms with Crippen LogP contribution < -0.4 is 4.74 Å². The second kappa shape index (κ2) is 3.27. The topological polar surface area (TPSA) is 25.0 Å². The van der Waals surface area contributed by atoms with Crippen molar-refractivity contribution in [1.82, 2.24) is 4.98 Å². The molecule has 66 valence electrons. The summed E-state index contributed by atoms with van der Waals surface area (Å²) >= 11 is 4.90. The van der Waals surface area contributed by atoms with Gasteiger partial charge in [0.1, 0.15) is 16.0 Å². The summed E-state index contributed by atoms with van der Waals surface area (Å²) in [5.41, 5.74) is -0.156. The standard InChI is InChI=1S/C9H13NOS/c1-9(2,3)11-7-4-5-8(12)10-6-7/h4-6H,1-3H3,(H,10,12). The number of hydrogen-bond donors (Lipinski definition) is 1. The molecule has 0 bridgehead atoms. The van der Waals surface area contributed by atoms with Crippen molar-refractivity contribution >= 4 is 12.2 Å². The van der Waals surface area contributed by atoms with Crippen LogP contribution in [0.15, 0.2) is 18.3 Å². The Morgan fingerprint density at radius 2 is 2.00 bits per heavy atom. The van der Waals surface area contributed by atoms with E-state index >= 15 is 0 Å². The number of ether oxygens (including phenoxy) is 1. The van der Waals surface area contributed by atoms with Crippen LogP contribution in [0.2, 0.25) is 0 Å². The number of H-pyrrole nitrogens is 1. The number of hydrogen-bond acceptors (Lipinski definition) is 2. The number of nitrogens with one attached hydrogen (secondary N) is 1. The van der Waals surface area contributed by atoms with Crippen LogP contribution in [0.1, 0.15) is 20.8 Å². The molecule has 0 aromatic carbocycles. The Hall–Kier alpha value is -0.830. The van der Waals surface area contributed by atoms with Gasteiger partial charge in [0.15, 0.2) is 0 Å². The molecule has 3 heteroatoms. The van der Waals surface area contributed by atoms with Crippen molar-refractivity contribution in [1.29, 1.82) is 0 Å². The third-order valence-electron chi connectivity index (χ3n) is 1.18. The van der Waals surface area contributed by atoms with Crippen LogP contribution in [-0.4, -0.2) is 10.6 Å². The maximum atomic E-state index is 5.58. The van der Waals surface area contributed by atoms with Gasteiger partial charge in [0.05, 0.1) is 0 Å². The van der Waals surface area contributed by atoms with E-state index in [0.29, 0.717) is 0 Å². The third kappa shape index (κ3) is 3.05. The largest absolute Gasteiger partial charge is 0.487 e. The van der Waals surface area contributed by atoms with Gasteiger partial charge in [-0.05, 0) is 32.9 Å². The van der Waals surface area contributed by atoms with Gasteiger partial charge in [-0.1, -0.05) is 12.2 Å². The van der Waals surface area contributed by atoms with Crippen molar-refractivity contribution in [3.8, 4) is 5.75 Å². The van der Waals surface area contributed by atoms with E-state index in [1.165, 1.54) is 0 Å². The highest BCUT2D eigenvalue weighted by Crippen LogP contribution is 2.15. The minimum atomic E-state index is -0.156. The predicted octanol–water partition coefficient (Wildman–Crippen LogP) is 2.92. The van der Waals surface area contributed by atoms with Crippen LogP contribution in [-0.2, 0) is 0 Å². The minimum Gasteiger partial charge on any atom is -0.487 e. The molecule has 0 aliphatic rings. The van der Waals surface area contributed by atoms with E-state index in [1.54, 1.807) is 6.20 Å². The van der Waals surface area contributed by atoms with E-state index in [4.69, 9.17) is 17.0 Å². The quantitative estimate of drug-likeness (QED) is 0.677. The molecule has 1 aromatic heterocycles. The molecule has 0 saturated heterocycles. The number of pyridine rings is 1. The fourth-order valence-corrected chi connectivity index (χ4v) is 0.940. The maximum Gasteiger partial charge on any atom is 0.136 e. The molecule has 1 rings (SSSR count). The van der Waals surface area contributed by atoms with Crippen LogP contribution in [0.25, 0.3) is 0 Å². The second-order valence-electron chi connectivity index (χ2n) is 3.60. The smallest absolute Gasteiger partial charge is 0.136 e. The van der Waals surface area contributed by atoms with Crippen LogP contribution in [0, 0.1) is 4.64 Å². The average Bonchev–Trinajstić information content (AvgIpc) is 1.91. The lowest BCUT2D eigenvalue weighted by Crippen LogP contribution is -2.22. The number of aromatic nitrogens is 1. The molecule has 2 nitrogen and oxygen atoms in total. The zero-order valence-electron chi connectivity index (χ0n) is 7.55. The zero-order valence-corrected chi connectivity index (χ0v) is 8.37. The molecule has 0 spiro atoms. The summed E-state index contributed by atoms with van der Waals surface area (Å²) in [6, 6.07) is 3.68. The van der Waals surface area contributed by atoms with Crippen LogP contribution >= 0.6 is 12.2 Å². The summed E-state index contributed by atoms with van der Waals surface area (Å²) in [5.74, 6) is 0.816. The van der Waals surface area contributed by atoms with Gasteiger partial charge >= 0.3 is 0 Å². The first-order valence-corrected chi connectivity index (χ1v) is 4.26. The van der Waals surface area contributed by atoms with Crippen LogP contribution in [0.5, 0.6) is 5.75 Å². The molecule has 0 fully saturated rings. The Morgan fingerprint density at radius 1 is 1.33 bits per heavy atom. The molecule has 0 radical (unpaired) electrons. The van der Waals surface area contributed by atoms with Crippen molar-refractivity contribution in [3.05, 3.63) is 23.0 Å². The maximum absolute atomic E-state index is 5.58. The first kappa shape index (κ1) is 9.26. The van der Waals surface area contributed by atoms with Crippen molar-refractivity contribution in [2.45, 2.75) is 26.4 Å². The SMILES string of the molecule is CC(C)(C)Oc1ccc(=S)[nH]c1. The molecule has 0 amide bonds. The molecular weight excluding hydrogens is 170 g/mol. The third-order valence-corrected chi connectivity index (χ3v) is 1.43. The van der Waals surface area contributed by atoms with Gasteiger partial charge in [0, 0.05) is 6.20 Å². The normalized spacial score (nSPS) is 11.2. The van der Waals surface area contributed by atoms with Gasteiger partial charge in [0.25, 0.3) is 0 Å². The Balaban J connectivity index is 2.78. The lowest BCUT2D eigenvalue weighted by molar-refractivity contribution is 0.130. The lowest BCUT2D eigenvalue weighted by atomic mass is 10.2. The molecule has 1 heterocycles. The monoisotopic (exact) mass is 183 g/mol. The summed E-state index contributed by atoms with van der Waals surface area (Å²) in [6.45, 7) is 6.03. The van der Waals surface area contributed by atoms with Gasteiger partial charge in [0.2, 0.25) is 0 Å². The zero-order chi connectivity index (χ0) is 9.19. The highest BCUT2D eigenvalue weighted by Gasteiger charge is 2.10. The highest BCUT2D eigenvalue weighted by atomic mass is 32.1. The Labute approximate surface area is 77.6 Å². The highest BCUT2D eigenvalue weighted by molar-refractivity contribution is 7.71. The summed E-state index contributed by atoms with van der Waals surface area (Å²) < 4.78 is 6.30. The fraction of sp³-hybridized carbons (Fsp3) is 0.444. The van der Waals surface area contributed by atoms with Crippen molar-refractivity contribution in [2.24, 2.45) is 0 Å². The van der Waals surface area contributed by atoms with Crippen molar-refractivity contribution in [3.63, 3.8) is 0 Å². The van der Waals surface area contributed by atoms with Gasteiger partial charge in [-0.3, -0.25) is 0 Å².